The van der Waals surface area contributed by atoms with Crippen molar-refractivity contribution in [2.24, 2.45) is 0 Å². The molecule has 4 rings (SSSR count). The Hall–Kier alpha value is -3.16. The second-order valence-corrected chi connectivity index (χ2v) is 5.79. The SMILES string of the molecule is CC(=O)C1(C=O)C=C(O)c2cccnc2N1C(F)(F)F.c1cc2cc-2c1. The van der Waals surface area contributed by atoms with Crippen molar-refractivity contribution in [2.45, 2.75) is 18.8 Å². The highest BCUT2D eigenvalue weighted by Crippen LogP contribution is 2.42. The highest BCUT2D eigenvalue weighted by molar-refractivity contribution is 6.10. The molecule has 3 aliphatic rings. The number of nitrogens with zero attached hydrogens (tertiary/aromatic N) is 2. The molecule has 1 unspecified atom stereocenters. The fourth-order valence-electron chi connectivity index (χ4n) is 2.74. The maximum Gasteiger partial charge on any atom is 0.487 e. The van der Waals surface area contributed by atoms with Gasteiger partial charge >= 0.3 is 6.30 Å². The van der Waals surface area contributed by atoms with Gasteiger partial charge in [0.05, 0.1) is 5.56 Å². The molecule has 1 atom stereocenters. The average molecular weight is 362 g/mol. The van der Waals surface area contributed by atoms with Crippen molar-refractivity contribution < 1.29 is 27.9 Å². The number of Topliss-reactive ketones (excluding diaryl/α,β-unsaturated/α-hetero) is 1. The van der Waals surface area contributed by atoms with E-state index in [2.05, 4.69) is 29.2 Å². The van der Waals surface area contributed by atoms with Crippen LogP contribution in [0.3, 0.4) is 0 Å². The number of fused-ring (bicyclic) bond motifs is 2. The van der Waals surface area contributed by atoms with Crippen LogP contribution in [0.4, 0.5) is 19.0 Å². The lowest BCUT2D eigenvalue weighted by molar-refractivity contribution is -0.152. The van der Waals surface area contributed by atoms with Crippen molar-refractivity contribution in [1.29, 1.82) is 0 Å². The number of halogens is 3. The minimum Gasteiger partial charge on any atom is -0.507 e. The van der Waals surface area contributed by atoms with Gasteiger partial charge in [0, 0.05) is 6.20 Å². The Morgan fingerprint density at radius 1 is 1.23 bits per heavy atom. The summed E-state index contributed by atoms with van der Waals surface area (Å²) in [5.41, 5.74) is -0.00231. The van der Waals surface area contributed by atoms with Crippen LogP contribution in [-0.2, 0) is 9.59 Å². The van der Waals surface area contributed by atoms with Gasteiger partial charge in [0.25, 0.3) is 0 Å². The quantitative estimate of drug-likeness (QED) is 0.429. The summed E-state index contributed by atoms with van der Waals surface area (Å²) in [4.78, 5) is 26.0. The summed E-state index contributed by atoms with van der Waals surface area (Å²) in [5, 5.41) is 9.78. The van der Waals surface area contributed by atoms with Gasteiger partial charge in [0.1, 0.15) is 11.6 Å². The van der Waals surface area contributed by atoms with Gasteiger partial charge in [-0.05, 0) is 42.3 Å². The molecule has 1 N–H and O–H groups in total. The first-order valence-corrected chi connectivity index (χ1v) is 7.53. The summed E-state index contributed by atoms with van der Waals surface area (Å²) in [6.07, 6.45) is -3.52. The Morgan fingerprint density at radius 3 is 2.31 bits per heavy atom. The van der Waals surface area contributed by atoms with E-state index < -0.39 is 29.2 Å². The molecule has 2 aliphatic carbocycles. The van der Waals surface area contributed by atoms with Crippen LogP contribution in [-0.4, -0.2) is 34.0 Å². The third-order valence-corrected chi connectivity index (χ3v) is 4.11. The van der Waals surface area contributed by atoms with E-state index in [1.807, 2.05) is 0 Å². The standard InChI is InChI=1S/C12H9F3N2O3.C6H4/c1-7(19)11(6-18)5-9(20)8-3-2-4-16-10(8)17(11)12(13,14)15;1-2-5-4-6(5)3-1/h2-6,20H,1H3;1-4H. The van der Waals surface area contributed by atoms with E-state index in [1.54, 1.807) is 0 Å². The lowest BCUT2D eigenvalue weighted by Gasteiger charge is -2.40. The van der Waals surface area contributed by atoms with Crippen LogP contribution < -0.4 is 4.90 Å². The third-order valence-electron chi connectivity index (χ3n) is 4.11. The number of aromatic nitrogens is 1. The summed E-state index contributed by atoms with van der Waals surface area (Å²) in [6, 6.07) is 11.0. The van der Waals surface area contributed by atoms with E-state index >= 15 is 0 Å². The molecule has 0 aromatic carbocycles. The Morgan fingerprint density at radius 2 is 1.88 bits per heavy atom. The Balaban J connectivity index is 0.000000269. The van der Waals surface area contributed by atoms with E-state index in [4.69, 9.17) is 0 Å². The lowest BCUT2D eigenvalue weighted by atomic mass is 9.88. The molecule has 0 radical (unpaired) electrons. The molecule has 5 nitrogen and oxygen atoms in total. The molecule has 0 bridgehead atoms. The zero-order valence-corrected chi connectivity index (χ0v) is 13.5. The molecule has 0 saturated heterocycles. The molecule has 0 amide bonds. The third kappa shape index (κ3) is 2.83. The van der Waals surface area contributed by atoms with Crippen molar-refractivity contribution >= 4 is 23.6 Å². The second kappa shape index (κ2) is 5.98. The number of hydrogen-bond acceptors (Lipinski definition) is 5. The van der Waals surface area contributed by atoms with E-state index in [9.17, 15) is 27.9 Å². The maximum atomic E-state index is 13.3. The van der Waals surface area contributed by atoms with Crippen LogP contribution in [0, 0.1) is 0 Å². The van der Waals surface area contributed by atoms with Gasteiger partial charge in [-0.1, -0.05) is 18.2 Å². The normalized spacial score (nSPS) is 19.5. The number of benzene rings is 1. The Bertz CT molecular complexity index is 907. The predicted octanol–water partition coefficient (Wildman–Crippen LogP) is 3.51. The number of alkyl halides is 3. The number of carbonyl (C=O) groups excluding carboxylic acids is 2. The predicted molar refractivity (Wildman–Crippen MR) is 88.3 cm³/mol. The summed E-state index contributed by atoms with van der Waals surface area (Å²) >= 11 is 0. The molecule has 0 fully saturated rings. The van der Waals surface area contributed by atoms with E-state index in [0.29, 0.717) is 6.08 Å². The lowest BCUT2D eigenvalue weighted by Crippen LogP contribution is -2.62. The molecule has 134 valence electrons. The van der Waals surface area contributed by atoms with Crippen LogP contribution in [0.25, 0.3) is 16.9 Å². The maximum absolute atomic E-state index is 13.3. The molecule has 26 heavy (non-hydrogen) atoms. The molecule has 8 heteroatoms. The summed E-state index contributed by atoms with van der Waals surface area (Å²) in [7, 11) is 0. The highest BCUT2D eigenvalue weighted by Gasteiger charge is 2.56. The molecule has 1 aliphatic heterocycles. The van der Waals surface area contributed by atoms with Crippen LogP contribution in [0.5, 0.6) is 0 Å². The van der Waals surface area contributed by atoms with Gasteiger partial charge in [-0.15, -0.1) is 13.2 Å². The summed E-state index contributed by atoms with van der Waals surface area (Å²) < 4.78 is 39.8. The fourth-order valence-corrected chi connectivity index (χ4v) is 2.74. The number of aliphatic hydroxyl groups is 1. The van der Waals surface area contributed by atoms with Crippen molar-refractivity contribution in [3.63, 3.8) is 0 Å². The van der Waals surface area contributed by atoms with Crippen molar-refractivity contribution in [3.05, 3.63) is 54.2 Å². The Labute approximate surface area is 146 Å². The minimum atomic E-state index is -5.02. The van der Waals surface area contributed by atoms with E-state index in [1.165, 1.54) is 23.3 Å². The first kappa shape index (κ1) is 17.7. The molecule has 1 aromatic rings. The van der Waals surface area contributed by atoms with Crippen LogP contribution >= 0.6 is 0 Å². The molecular formula is C18H13F3N2O3. The van der Waals surface area contributed by atoms with E-state index in [0.717, 1.165) is 13.1 Å². The Kier molecular flexibility index (Phi) is 4.06. The largest absolute Gasteiger partial charge is 0.507 e. The molecule has 1 aromatic heterocycles. The van der Waals surface area contributed by atoms with Gasteiger partial charge in [0.2, 0.25) is 0 Å². The van der Waals surface area contributed by atoms with Crippen molar-refractivity contribution in [3.8, 4) is 11.1 Å². The number of carbonyl (C=O) groups is 2. The first-order chi connectivity index (χ1) is 12.2. The van der Waals surface area contributed by atoms with Crippen LogP contribution in [0.1, 0.15) is 12.5 Å². The number of anilines is 1. The second-order valence-electron chi connectivity index (χ2n) is 5.79. The molecule has 2 heterocycles. The zero-order chi connectivity index (χ0) is 19.1. The summed E-state index contributed by atoms with van der Waals surface area (Å²) in [5.74, 6) is -2.37. The number of pyridine rings is 1. The summed E-state index contributed by atoms with van der Waals surface area (Å²) in [6.45, 7) is 0.838. The number of aldehydes is 1. The number of hydrogen-bond donors (Lipinski definition) is 1. The van der Waals surface area contributed by atoms with Crippen molar-refractivity contribution in [2.75, 3.05) is 4.90 Å². The van der Waals surface area contributed by atoms with Crippen molar-refractivity contribution in [1.82, 2.24) is 4.98 Å². The molecule has 0 spiro atoms. The molecule has 0 saturated carbocycles. The van der Waals surface area contributed by atoms with Gasteiger partial charge in [0.15, 0.2) is 17.6 Å². The highest BCUT2D eigenvalue weighted by atomic mass is 19.4. The van der Waals surface area contributed by atoms with Crippen LogP contribution in [0.2, 0.25) is 0 Å². The van der Waals surface area contributed by atoms with Gasteiger partial charge in [-0.25, -0.2) is 9.88 Å². The fraction of sp³-hybridized carbons (Fsp3) is 0.167. The van der Waals surface area contributed by atoms with Gasteiger partial charge in [-0.2, -0.15) is 0 Å². The smallest absolute Gasteiger partial charge is 0.487 e. The minimum absolute atomic E-state index is 0.156. The molecular weight excluding hydrogens is 349 g/mol. The van der Waals surface area contributed by atoms with Gasteiger partial charge in [-0.3, -0.25) is 9.59 Å². The number of ketones is 1. The van der Waals surface area contributed by atoms with Crippen LogP contribution in [0.15, 0.2) is 48.7 Å². The first-order valence-electron chi connectivity index (χ1n) is 7.53. The average Bonchev–Trinajstić information content (AvgIpc) is 3.19. The number of rotatable bonds is 2. The van der Waals surface area contributed by atoms with E-state index in [-0.39, 0.29) is 16.7 Å². The van der Waals surface area contributed by atoms with Gasteiger partial charge < -0.3 is 5.11 Å². The zero-order valence-electron chi connectivity index (χ0n) is 13.5. The number of aliphatic hydroxyl groups excluding tert-OH is 1. The monoisotopic (exact) mass is 362 g/mol. The topological polar surface area (TPSA) is 70.5 Å².